The van der Waals surface area contributed by atoms with Crippen LogP contribution in [0, 0.1) is 0 Å². The van der Waals surface area contributed by atoms with Crippen molar-refractivity contribution in [1.29, 1.82) is 0 Å². The third kappa shape index (κ3) is 1.17. The first kappa shape index (κ1) is 8.59. The molecular weight excluding hydrogens is 194 g/mol. The second kappa shape index (κ2) is 2.89. The maximum Gasteiger partial charge on any atom is 0.231 e. The van der Waals surface area contributed by atoms with Crippen molar-refractivity contribution in [2.24, 2.45) is 0 Å². The quantitative estimate of drug-likeness (QED) is 0.640. The average Bonchev–Trinajstić information content (AvgIpc) is 2.82. The fourth-order valence-electron chi connectivity index (χ4n) is 2.07. The van der Waals surface area contributed by atoms with Gasteiger partial charge >= 0.3 is 0 Å². The van der Waals surface area contributed by atoms with E-state index < -0.39 is 0 Å². The summed E-state index contributed by atoms with van der Waals surface area (Å²) in [6, 6.07) is 3.91. The second-order valence-electron chi connectivity index (χ2n) is 3.81. The number of benzene rings is 1. The minimum absolute atomic E-state index is 0.0962. The molecule has 0 unspecified atom stereocenters. The molecule has 0 spiro atoms. The molecule has 2 aliphatic heterocycles. The van der Waals surface area contributed by atoms with Gasteiger partial charge in [0.05, 0.1) is 6.54 Å². The Morgan fingerprint density at radius 1 is 1.33 bits per heavy atom. The van der Waals surface area contributed by atoms with E-state index in [4.69, 9.17) is 9.47 Å². The molecule has 15 heavy (non-hydrogen) atoms. The zero-order valence-electron chi connectivity index (χ0n) is 8.45. The number of rotatable bonds is 0. The molecule has 2 heterocycles. The SMILES string of the molecule is CC(=O)N1Cc2ccc3c(c2C1)OCO3. The number of hydrogen-bond donors (Lipinski definition) is 0. The molecule has 0 saturated heterocycles. The summed E-state index contributed by atoms with van der Waals surface area (Å²) in [5, 5.41) is 0. The van der Waals surface area contributed by atoms with Crippen LogP contribution in [0.4, 0.5) is 0 Å². The molecule has 0 N–H and O–H groups in total. The summed E-state index contributed by atoms with van der Waals surface area (Å²) in [5.74, 6) is 1.70. The van der Waals surface area contributed by atoms with Gasteiger partial charge in [0.15, 0.2) is 11.5 Å². The Balaban J connectivity index is 2.03. The van der Waals surface area contributed by atoms with Crippen LogP contribution in [0.25, 0.3) is 0 Å². The normalized spacial score (nSPS) is 16.7. The number of hydrogen-bond acceptors (Lipinski definition) is 3. The van der Waals surface area contributed by atoms with Crippen molar-refractivity contribution in [3.05, 3.63) is 23.3 Å². The van der Waals surface area contributed by atoms with E-state index in [1.807, 2.05) is 12.1 Å². The van der Waals surface area contributed by atoms with E-state index in [0.29, 0.717) is 13.1 Å². The highest BCUT2D eigenvalue weighted by molar-refractivity contribution is 5.74. The van der Waals surface area contributed by atoms with E-state index in [9.17, 15) is 4.79 Å². The Morgan fingerprint density at radius 3 is 3.00 bits per heavy atom. The van der Waals surface area contributed by atoms with Crippen LogP contribution in [0.3, 0.4) is 0 Å². The fraction of sp³-hybridized carbons (Fsp3) is 0.364. The van der Waals surface area contributed by atoms with Gasteiger partial charge in [-0.2, -0.15) is 0 Å². The first-order valence-electron chi connectivity index (χ1n) is 4.91. The molecule has 0 aliphatic carbocycles. The third-order valence-electron chi connectivity index (χ3n) is 2.89. The molecule has 1 aromatic rings. The van der Waals surface area contributed by atoms with Gasteiger partial charge in [-0.05, 0) is 11.6 Å². The van der Waals surface area contributed by atoms with Gasteiger partial charge in [-0.15, -0.1) is 0 Å². The molecule has 1 aromatic carbocycles. The number of ether oxygens (including phenoxy) is 2. The lowest BCUT2D eigenvalue weighted by molar-refractivity contribution is -0.129. The summed E-state index contributed by atoms with van der Waals surface area (Å²) in [6.07, 6.45) is 0. The Morgan fingerprint density at radius 2 is 2.20 bits per heavy atom. The maximum absolute atomic E-state index is 11.3. The molecule has 2 aliphatic rings. The van der Waals surface area contributed by atoms with Crippen molar-refractivity contribution in [1.82, 2.24) is 4.90 Å². The highest BCUT2D eigenvalue weighted by Gasteiger charge is 2.28. The Hall–Kier alpha value is -1.71. The van der Waals surface area contributed by atoms with E-state index >= 15 is 0 Å². The Kier molecular flexibility index (Phi) is 1.65. The molecule has 0 bridgehead atoms. The highest BCUT2D eigenvalue weighted by Crippen LogP contribution is 2.41. The van der Waals surface area contributed by atoms with E-state index in [1.165, 1.54) is 0 Å². The Bertz CT molecular complexity index is 442. The van der Waals surface area contributed by atoms with Crippen molar-refractivity contribution in [3.63, 3.8) is 0 Å². The summed E-state index contributed by atoms with van der Waals surface area (Å²) in [7, 11) is 0. The summed E-state index contributed by atoms with van der Waals surface area (Å²) >= 11 is 0. The van der Waals surface area contributed by atoms with Gasteiger partial charge in [0.1, 0.15) is 0 Å². The summed E-state index contributed by atoms with van der Waals surface area (Å²) < 4.78 is 10.7. The van der Waals surface area contributed by atoms with E-state index in [-0.39, 0.29) is 12.7 Å². The smallest absolute Gasteiger partial charge is 0.231 e. The molecule has 3 rings (SSSR count). The van der Waals surface area contributed by atoms with E-state index in [1.54, 1.807) is 11.8 Å². The van der Waals surface area contributed by atoms with Crippen molar-refractivity contribution >= 4 is 5.91 Å². The lowest BCUT2D eigenvalue weighted by Gasteiger charge is -2.11. The lowest BCUT2D eigenvalue weighted by atomic mass is 10.1. The highest BCUT2D eigenvalue weighted by atomic mass is 16.7. The van der Waals surface area contributed by atoms with Gasteiger partial charge in [-0.1, -0.05) is 6.07 Å². The monoisotopic (exact) mass is 205 g/mol. The van der Waals surface area contributed by atoms with Crippen LogP contribution in [0.15, 0.2) is 12.1 Å². The summed E-state index contributed by atoms with van der Waals surface area (Å²) in [4.78, 5) is 13.1. The predicted octanol–water partition coefficient (Wildman–Crippen LogP) is 1.28. The van der Waals surface area contributed by atoms with Crippen LogP contribution in [0.1, 0.15) is 18.1 Å². The minimum Gasteiger partial charge on any atom is -0.454 e. The molecule has 4 heteroatoms. The van der Waals surface area contributed by atoms with Crippen molar-refractivity contribution in [3.8, 4) is 11.5 Å². The standard InChI is InChI=1S/C11H11NO3/c1-7(13)12-4-8-2-3-10-11(9(8)5-12)15-6-14-10/h2-3H,4-6H2,1H3. The molecule has 0 atom stereocenters. The zero-order valence-corrected chi connectivity index (χ0v) is 8.45. The first-order valence-corrected chi connectivity index (χ1v) is 4.91. The fourth-order valence-corrected chi connectivity index (χ4v) is 2.07. The van der Waals surface area contributed by atoms with Crippen molar-refractivity contribution < 1.29 is 14.3 Å². The molecular formula is C11H11NO3. The van der Waals surface area contributed by atoms with Gasteiger partial charge in [-0.3, -0.25) is 4.79 Å². The molecule has 0 aromatic heterocycles. The van der Waals surface area contributed by atoms with E-state index in [2.05, 4.69) is 0 Å². The maximum atomic E-state index is 11.3. The average molecular weight is 205 g/mol. The molecule has 4 nitrogen and oxygen atoms in total. The summed E-state index contributed by atoms with van der Waals surface area (Å²) in [6.45, 7) is 3.19. The number of amides is 1. The van der Waals surface area contributed by atoms with Gasteiger partial charge in [0.2, 0.25) is 12.7 Å². The summed E-state index contributed by atoms with van der Waals surface area (Å²) in [5.41, 5.74) is 2.26. The topological polar surface area (TPSA) is 38.8 Å². The molecule has 78 valence electrons. The first-order chi connectivity index (χ1) is 7.25. The van der Waals surface area contributed by atoms with Gasteiger partial charge in [0, 0.05) is 19.0 Å². The second-order valence-corrected chi connectivity index (χ2v) is 3.81. The van der Waals surface area contributed by atoms with E-state index in [0.717, 1.165) is 22.6 Å². The van der Waals surface area contributed by atoms with Crippen molar-refractivity contribution in [2.75, 3.05) is 6.79 Å². The van der Waals surface area contributed by atoms with Crippen LogP contribution in [0.2, 0.25) is 0 Å². The van der Waals surface area contributed by atoms with Crippen LogP contribution in [-0.4, -0.2) is 17.6 Å². The van der Waals surface area contributed by atoms with Crippen LogP contribution in [-0.2, 0) is 17.9 Å². The molecule has 1 amide bonds. The largest absolute Gasteiger partial charge is 0.454 e. The van der Waals surface area contributed by atoms with Crippen LogP contribution < -0.4 is 9.47 Å². The predicted molar refractivity (Wildman–Crippen MR) is 52.5 cm³/mol. The number of carbonyl (C=O) groups excluding carboxylic acids is 1. The molecule has 0 saturated carbocycles. The third-order valence-corrected chi connectivity index (χ3v) is 2.89. The number of carbonyl (C=O) groups is 1. The molecule has 0 radical (unpaired) electrons. The van der Waals surface area contributed by atoms with Gasteiger partial charge < -0.3 is 14.4 Å². The lowest BCUT2D eigenvalue weighted by Crippen LogP contribution is -2.21. The van der Waals surface area contributed by atoms with Crippen molar-refractivity contribution in [2.45, 2.75) is 20.0 Å². The number of nitrogens with zero attached hydrogens (tertiary/aromatic N) is 1. The van der Waals surface area contributed by atoms with Crippen LogP contribution in [0.5, 0.6) is 11.5 Å². The van der Waals surface area contributed by atoms with Crippen LogP contribution >= 0.6 is 0 Å². The van der Waals surface area contributed by atoms with Gasteiger partial charge in [-0.25, -0.2) is 0 Å². The zero-order chi connectivity index (χ0) is 10.4. The van der Waals surface area contributed by atoms with Gasteiger partial charge in [0.25, 0.3) is 0 Å². The minimum atomic E-state index is 0.0962. The Labute approximate surface area is 87.4 Å². The number of fused-ring (bicyclic) bond motifs is 3. The molecule has 0 fully saturated rings.